The van der Waals surface area contributed by atoms with Gasteiger partial charge in [-0.1, -0.05) is 18.2 Å². The number of aryl methyl sites for hydroxylation is 2. The number of benzene rings is 2. The van der Waals surface area contributed by atoms with E-state index < -0.39 is 6.61 Å². The minimum atomic E-state index is -2.88. The maximum atomic E-state index is 12.7. The number of aromatic nitrogens is 2. The Morgan fingerprint density at radius 1 is 1.33 bits per heavy atom. The summed E-state index contributed by atoms with van der Waals surface area (Å²) in [5, 5.41) is 3.43. The minimum Gasteiger partial charge on any atom is -0.435 e. The van der Waals surface area contributed by atoms with E-state index in [4.69, 9.17) is 0 Å². The van der Waals surface area contributed by atoms with Crippen molar-refractivity contribution >= 4 is 16.8 Å². The van der Waals surface area contributed by atoms with Crippen LogP contribution in [0.15, 0.2) is 47.5 Å². The van der Waals surface area contributed by atoms with Crippen LogP contribution in [-0.2, 0) is 17.8 Å². The van der Waals surface area contributed by atoms with Crippen LogP contribution in [0.1, 0.15) is 35.6 Å². The highest BCUT2D eigenvalue weighted by molar-refractivity contribution is 5.81. The van der Waals surface area contributed by atoms with Gasteiger partial charge in [0.05, 0.1) is 23.3 Å². The van der Waals surface area contributed by atoms with Crippen molar-refractivity contribution in [2.75, 3.05) is 0 Å². The summed E-state index contributed by atoms with van der Waals surface area (Å²) in [4.78, 5) is 29.7. The maximum Gasteiger partial charge on any atom is 0.387 e. The highest BCUT2D eigenvalue weighted by Crippen LogP contribution is 2.32. The van der Waals surface area contributed by atoms with Crippen molar-refractivity contribution < 1.29 is 18.3 Å². The number of carbonyl (C=O) groups excluding carboxylic acids is 1. The fourth-order valence-electron chi connectivity index (χ4n) is 3.96. The number of amides is 1. The molecule has 0 saturated carbocycles. The Kier molecular flexibility index (Phi) is 5.48. The summed E-state index contributed by atoms with van der Waals surface area (Å²) in [5.41, 5.74) is 3.02. The van der Waals surface area contributed by atoms with Gasteiger partial charge in [0.25, 0.3) is 5.56 Å². The Balaban J connectivity index is 1.51. The lowest BCUT2D eigenvalue weighted by Gasteiger charge is -2.27. The Morgan fingerprint density at radius 2 is 2.17 bits per heavy atom. The lowest BCUT2D eigenvalue weighted by molar-refractivity contribution is -0.122. The molecule has 30 heavy (non-hydrogen) atoms. The predicted octanol–water partition coefficient (Wildman–Crippen LogP) is 3.50. The van der Waals surface area contributed by atoms with E-state index in [-0.39, 0.29) is 29.8 Å². The van der Waals surface area contributed by atoms with Crippen LogP contribution in [0.2, 0.25) is 0 Å². The van der Waals surface area contributed by atoms with Crippen molar-refractivity contribution in [3.8, 4) is 5.75 Å². The molecule has 1 aliphatic rings. The fourth-order valence-corrected chi connectivity index (χ4v) is 3.96. The normalized spacial score (nSPS) is 15.8. The third-order valence-corrected chi connectivity index (χ3v) is 5.36. The number of hydrogen-bond acceptors (Lipinski definition) is 4. The van der Waals surface area contributed by atoms with Gasteiger partial charge in [-0.15, -0.1) is 0 Å². The van der Waals surface area contributed by atoms with Crippen molar-refractivity contribution in [2.24, 2.45) is 0 Å². The second-order valence-corrected chi connectivity index (χ2v) is 7.40. The minimum absolute atomic E-state index is 0.111. The molecule has 156 valence electrons. The molecule has 0 fully saturated rings. The van der Waals surface area contributed by atoms with Gasteiger partial charge in [0, 0.05) is 0 Å². The second-order valence-electron chi connectivity index (χ2n) is 7.40. The van der Waals surface area contributed by atoms with Gasteiger partial charge in [0.2, 0.25) is 5.91 Å². The van der Waals surface area contributed by atoms with E-state index in [2.05, 4.69) is 15.0 Å². The van der Waals surface area contributed by atoms with Gasteiger partial charge in [-0.05, 0) is 61.1 Å². The van der Waals surface area contributed by atoms with E-state index in [0.717, 1.165) is 36.0 Å². The van der Waals surface area contributed by atoms with Crippen LogP contribution in [-0.4, -0.2) is 22.1 Å². The van der Waals surface area contributed by atoms with Crippen LogP contribution in [0.4, 0.5) is 8.78 Å². The lowest BCUT2D eigenvalue weighted by atomic mass is 9.87. The molecule has 4 rings (SSSR count). The summed E-state index contributed by atoms with van der Waals surface area (Å²) in [6.45, 7) is -1.14. The molecule has 1 atom stereocenters. The maximum absolute atomic E-state index is 12.7. The second kappa shape index (κ2) is 8.22. The number of nitrogens with one attached hydrogen (secondary N) is 1. The zero-order valence-corrected chi connectivity index (χ0v) is 16.4. The highest BCUT2D eigenvalue weighted by atomic mass is 19.3. The van der Waals surface area contributed by atoms with Crippen LogP contribution in [0, 0.1) is 6.92 Å². The first-order valence-corrected chi connectivity index (χ1v) is 9.74. The van der Waals surface area contributed by atoms with Gasteiger partial charge in [-0.2, -0.15) is 8.78 Å². The SMILES string of the molecule is Cc1cccc2c(=O)n(CC(=O)NC3CCCc4cc(OC(F)F)ccc43)cnc12. The van der Waals surface area contributed by atoms with Crippen LogP contribution in [0.3, 0.4) is 0 Å². The number of ether oxygens (including phenoxy) is 1. The molecule has 0 aliphatic heterocycles. The Morgan fingerprint density at radius 3 is 2.97 bits per heavy atom. The molecule has 1 amide bonds. The molecule has 1 aromatic heterocycles. The molecule has 1 aliphatic carbocycles. The average Bonchev–Trinajstić information content (AvgIpc) is 2.70. The van der Waals surface area contributed by atoms with Crippen molar-refractivity contribution in [3.05, 3.63) is 69.8 Å². The van der Waals surface area contributed by atoms with Gasteiger partial charge in [0.1, 0.15) is 12.3 Å². The number of para-hydroxylation sites is 1. The molecule has 0 radical (unpaired) electrons. The molecule has 0 spiro atoms. The molecule has 3 aromatic rings. The zero-order chi connectivity index (χ0) is 21.3. The first-order valence-electron chi connectivity index (χ1n) is 9.74. The van der Waals surface area contributed by atoms with Gasteiger partial charge < -0.3 is 10.1 Å². The number of halogens is 2. The van der Waals surface area contributed by atoms with Crippen molar-refractivity contribution in [1.82, 2.24) is 14.9 Å². The van der Waals surface area contributed by atoms with Crippen molar-refractivity contribution in [3.63, 3.8) is 0 Å². The number of rotatable bonds is 5. The Labute approximate surface area is 171 Å². The molecule has 1 unspecified atom stereocenters. The topological polar surface area (TPSA) is 73.2 Å². The van der Waals surface area contributed by atoms with Crippen molar-refractivity contribution in [2.45, 2.75) is 45.4 Å². The Hall–Kier alpha value is -3.29. The van der Waals surface area contributed by atoms with E-state index in [1.54, 1.807) is 24.3 Å². The van der Waals surface area contributed by atoms with Crippen LogP contribution in [0.25, 0.3) is 10.9 Å². The van der Waals surface area contributed by atoms with E-state index in [9.17, 15) is 18.4 Å². The number of alkyl halides is 2. The molecule has 8 heteroatoms. The first-order chi connectivity index (χ1) is 14.4. The fraction of sp³-hybridized carbons (Fsp3) is 0.318. The van der Waals surface area contributed by atoms with Gasteiger partial charge >= 0.3 is 6.61 Å². The molecule has 1 N–H and O–H groups in total. The molecule has 2 aromatic carbocycles. The van der Waals surface area contributed by atoms with E-state index >= 15 is 0 Å². The van der Waals surface area contributed by atoms with Crippen LogP contribution in [0.5, 0.6) is 5.75 Å². The Bertz CT molecular complexity index is 1160. The van der Waals surface area contributed by atoms with E-state index in [0.29, 0.717) is 10.9 Å². The smallest absolute Gasteiger partial charge is 0.387 e. The molecule has 6 nitrogen and oxygen atoms in total. The molecule has 0 bridgehead atoms. The van der Waals surface area contributed by atoms with Gasteiger partial charge in [0.15, 0.2) is 0 Å². The summed E-state index contributed by atoms with van der Waals surface area (Å²) in [5.74, 6) is -0.198. The van der Waals surface area contributed by atoms with Crippen LogP contribution < -0.4 is 15.6 Å². The highest BCUT2D eigenvalue weighted by Gasteiger charge is 2.23. The lowest BCUT2D eigenvalue weighted by Crippen LogP contribution is -2.36. The number of nitrogens with zero attached hydrogens (tertiary/aromatic N) is 2. The third kappa shape index (κ3) is 4.03. The standard InChI is InChI=1S/C22H21F2N3O3/c1-13-4-2-6-17-20(13)25-12-27(21(17)29)11-19(28)26-18-7-3-5-14-10-15(30-22(23)24)8-9-16(14)18/h2,4,6,8-10,12,18,22H,3,5,7,11H2,1H3,(H,26,28). The molecular weight excluding hydrogens is 392 g/mol. The number of carbonyl (C=O) groups is 1. The number of fused-ring (bicyclic) bond motifs is 2. The molecular formula is C22H21F2N3O3. The average molecular weight is 413 g/mol. The monoisotopic (exact) mass is 413 g/mol. The summed E-state index contributed by atoms with van der Waals surface area (Å²) in [6.07, 6.45) is 3.67. The number of hydrogen-bond donors (Lipinski definition) is 1. The van der Waals surface area contributed by atoms with Crippen molar-refractivity contribution in [1.29, 1.82) is 0 Å². The van der Waals surface area contributed by atoms with Crippen LogP contribution >= 0.6 is 0 Å². The third-order valence-electron chi connectivity index (χ3n) is 5.36. The predicted molar refractivity (Wildman–Crippen MR) is 108 cm³/mol. The first kappa shape index (κ1) is 20.0. The summed E-state index contributed by atoms with van der Waals surface area (Å²) in [6, 6.07) is 9.91. The molecule has 1 heterocycles. The summed E-state index contributed by atoms with van der Waals surface area (Å²) < 4.78 is 30.7. The summed E-state index contributed by atoms with van der Waals surface area (Å²) in [7, 11) is 0. The zero-order valence-electron chi connectivity index (χ0n) is 16.4. The summed E-state index contributed by atoms with van der Waals surface area (Å²) >= 11 is 0. The van der Waals surface area contributed by atoms with Gasteiger partial charge in [-0.25, -0.2) is 4.98 Å². The van der Waals surface area contributed by atoms with E-state index in [1.165, 1.54) is 17.0 Å². The van der Waals surface area contributed by atoms with E-state index in [1.807, 2.05) is 13.0 Å². The molecule has 0 saturated heterocycles. The quantitative estimate of drug-likeness (QED) is 0.695. The largest absolute Gasteiger partial charge is 0.435 e. The van der Waals surface area contributed by atoms with Gasteiger partial charge in [-0.3, -0.25) is 14.2 Å².